The van der Waals surface area contributed by atoms with Crippen molar-refractivity contribution < 1.29 is 0 Å². The van der Waals surface area contributed by atoms with Crippen molar-refractivity contribution >= 4 is 11.4 Å². The summed E-state index contributed by atoms with van der Waals surface area (Å²) in [5, 5.41) is 9.03. The highest BCUT2D eigenvalue weighted by Crippen LogP contribution is 2.31. The van der Waals surface area contributed by atoms with Crippen LogP contribution in [0.2, 0.25) is 0 Å². The third kappa shape index (κ3) is 4.25. The topological polar surface area (TPSA) is 77.4 Å². The second kappa shape index (κ2) is 9.63. The fourth-order valence-electron chi connectivity index (χ4n) is 4.75. The largest absolute Gasteiger partial charge is 0.363 e. The van der Waals surface area contributed by atoms with Gasteiger partial charge in [-0.15, -0.1) is 0 Å². The molecule has 0 fully saturated rings. The monoisotopic (exact) mass is 452 g/mol. The van der Waals surface area contributed by atoms with Crippen LogP contribution in [0.1, 0.15) is 59.6 Å². The Hall–Kier alpha value is -3.74. The van der Waals surface area contributed by atoms with Gasteiger partial charge in [0.1, 0.15) is 12.3 Å². The zero-order valence-electron chi connectivity index (χ0n) is 19.7. The van der Waals surface area contributed by atoms with Gasteiger partial charge in [0.2, 0.25) is 0 Å². The summed E-state index contributed by atoms with van der Waals surface area (Å²) < 4.78 is 0. The highest BCUT2D eigenvalue weighted by Gasteiger charge is 2.26. The predicted molar refractivity (Wildman–Crippen MR) is 138 cm³/mol. The lowest BCUT2D eigenvalue weighted by Gasteiger charge is -2.29. The van der Waals surface area contributed by atoms with Crippen LogP contribution in [0.4, 0.5) is 0 Å². The number of rotatable bonds is 6. The van der Waals surface area contributed by atoms with Gasteiger partial charge >= 0.3 is 0 Å². The summed E-state index contributed by atoms with van der Waals surface area (Å²) in [6, 6.07) is 25.5. The average molecular weight is 453 g/mol. The first-order chi connectivity index (χ1) is 16.7. The predicted octanol–water partition coefficient (Wildman–Crippen LogP) is 4.28. The first-order valence-electron chi connectivity index (χ1n) is 11.9. The third-order valence-electron chi connectivity index (χ3n) is 6.57. The molecule has 2 atom stereocenters. The highest BCUT2D eigenvalue weighted by atomic mass is 15.5. The minimum Gasteiger partial charge on any atom is -0.363 e. The van der Waals surface area contributed by atoms with Crippen LogP contribution in [0.15, 0.2) is 85.2 Å². The van der Waals surface area contributed by atoms with E-state index in [4.69, 9.17) is 5.84 Å². The van der Waals surface area contributed by atoms with Crippen molar-refractivity contribution in [1.82, 2.24) is 26.5 Å². The van der Waals surface area contributed by atoms with Crippen LogP contribution < -0.4 is 27.3 Å². The number of aryl methyl sites for hydroxylation is 2. The van der Waals surface area contributed by atoms with Crippen molar-refractivity contribution in [3.63, 3.8) is 0 Å². The first kappa shape index (κ1) is 22.1. The van der Waals surface area contributed by atoms with Gasteiger partial charge in [-0.25, -0.2) is 11.3 Å². The number of benzene rings is 3. The molecule has 0 spiro atoms. The van der Waals surface area contributed by atoms with Gasteiger partial charge in [-0.2, -0.15) is 0 Å². The van der Waals surface area contributed by atoms with E-state index in [2.05, 4.69) is 108 Å². The smallest absolute Gasteiger partial charge is 0.140 e. The molecule has 5 rings (SSSR count). The Balaban J connectivity index is 1.37. The van der Waals surface area contributed by atoms with E-state index in [9.17, 15) is 0 Å². The number of nitrogens with zero attached hydrogens (tertiary/aromatic N) is 1. The Bertz CT molecular complexity index is 1210. The lowest BCUT2D eigenvalue weighted by Crippen LogP contribution is -2.44. The maximum absolute atomic E-state index is 6.41. The van der Waals surface area contributed by atoms with Crippen LogP contribution in [-0.2, 0) is 12.8 Å². The lowest BCUT2D eigenvalue weighted by molar-refractivity contribution is 0.292. The molecule has 6 nitrogen and oxygen atoms in total. The van der Waals surface area contributed by atoms with Gasteiger partial charge in [-0.05, 0) is 52.3 Å². The van der Waals surface area contributed by atoms with Crippen LogP contribution in [0.25, 0.3) is 11.4 Å². The molecule has 2 unspecified atom stereocenters. The number of nitrogens with one attached hydrogen (secondary N) is 4. The Morgan fingerprint density at radius 1 is 0.765 bits per heavy atom. The SMILES string of the molecule is CCc1ccccc1C1NNC=C(c2cccc(C3=CN(N)C(c4ccccc4CC)N3)c2)N1. The Morgan fingerprint density at radius 3 is 2.15 bits per heavy atom. The minimum atomic E-state index is -0.0809. The fourth-order valence-corrected chi connectivity index (χ4v) is 4.75. The molecule has 0 radical (unpaired) electrons. The fraction of sp³-hybridized carbons (Fsp3) is 0.214. The summed E-state index contributed by atoms with van der Waals surface area (Å²) in [6.45, 7) is 4.36. The standard InChI is InChI=1S/C28H32N6/c1-3-19-10-5-7-14-23(19)27-31-25(17-30-33-27)21-12-9-13-22(16-21)26-18-34(29)28(32-26)24-15-8-6-11-20(24)4-2/h5-18,27-28,30-33H,3-4,29H2,1-2H3. The van der Waals surface area contributed by atoms with Gasteiger partial charge in [0, 0.05) is 12.4 Å². The van der Waals surface area contributed by atoms with E-state index in [1.165, 1.54) is 22.3 Å². The molecule has 0 saturated carbocycles. The molecule has 2 aliphatic heterocycles. The zero-order chi connectivity index (χ0) is 23.5. The average Bonchev–Trinajstić information content (AvgIpc) is 3.30. The second-order valence-electron chi connectivity index (χ2n) is 8.65. The van der Waals surface area contributed by atoms with E-state index in [-0.39, 0.29) is 12.3 Å². The minimum absolute atomic E-state index is 0.0157. The number of hydrogen-bond donors (Lipinski definition) is 5. The summed E-state index contributed by atoms with van der Waals surface area (Å²) in [7, 11) is 0. The highest BCUT2D eigenvalue weighted by molar-refractivity contribution is 5.72. The van der Waals surface area contributed by atoms with Gasteiger partial charge < -0.3 is 16.1 Å². The van der Waals surface area contributed by atoms with Gasteiger partial charge in [0.25, 0.3) is 0 Å². The van der Waals surface area contributed by atoms with Crippen LogP contribution in [0.3, 0.4) is 0 Å². The van der Waals surface area contributed by atoms with Crippen LogP contribution in [0, 0.1) is 0 Å². The van der Waals surface area contributed by atoms with Gasteiger partial charge in [0.05, 0.1) is 11.4 Å². The molecule has 6 N–H and O–H groups in total. The van der Waals surface area contributed by atoms with E-state index < -0.39 is 0 Å². The van der Waals surface area contributed by atoms with Crippen LogP contribution in [-0.4, -0.2) is 5.01 Å². The van der Waals surface area contributed by atoms with Gasteiger partial charge in [-0.3, -0.25) is 5.01 Å². The summed E-state index contributed by atoms with van der Waals surface area (Å²) in [5.74, 6) is 6.41. The molecule has 2 heterocycles. The summed E-state index contributed by atoms with van der Waals surface area (Å²) in [5.41, 5.74) is 15.9. The zero-order valence-corrected chi connectivity index (χ0v) is 19.7. The molecule has 3 aromatic carbocycles. The molecule has 0 aliphatic carbocycles. The maximum Gasteiger partial charge on any atom is 0.140 e. The van der Waals surface area contributed by atoms with E-state index in [1.807, 2.05) is 12.4 Å². The van der Waals surface area contributed by atoms with Crippen molar-refractivity contribution in [1.29, 1.82) is 0 Å². The summed E-state index contributed by atoms with van der Waals surface area (Å²) >= 11 is 0. The summed E-state index contributed by atoms with van der Waals surface area (Å²) in [6.07, 6.45) is 5.81. The molecule has 2 aliphatic rings. The van der Waals surface area contributed by atoms with Crippen LogP contribution >= 0.6 is 0 Å². The molecule has 6 heteroatoms. The van der Waals surface area contributed by atoms with E-state index in [1.54, 1.807) is 5.01 Å². The van der Waals surface area contributed by atoms with E-state index in [0.29, 0.717) is 0 Å². The number of nitrogens with two attached hydrogens (primary N) is 1. The quantitative estimate of drug-likeness (QED) is 0.360. The lowest BCUT2D eigenvalue weighted by atomic mass is 10.0. The number of hydrazine groups is 2. The number of hydrogen-bond acceptors (Lipinski definition) is 6. The van der Waals surface area contributed by atoms with Crippen LogP contribution in [0.5, 0.6) is 0 Å². The molecule has 0 saturated heterocycles. The molecule has 0 bridgehead atoms. The Kier molecular flexibility index (Phi) is 6.25. The van der Waals surface area contributed by atoms with E-state index >= 15 is 0 Å². The molecular formula is C28H32N6. The van der Waals surface area contributed by atoms with Crippen molar-refractivity contribution in [2.45, 2.75) is 39.0 Å². The summed E-state index contributed by atoms with van der Waals surface area (Å²) in [4.78, 5) is 0. The molecule has 174 valence electrons. The first-order valence-corrected chi connectivity index (χ1v) is 11.9. The Morgan fingerprint density at radius 2 is 1.41 bits per heavy atom. The maximum atomic E-state index is 6.41. The third-order valence-corrected chi connectivity index (χ3v) is 6.57. The van der Waals surface area contributed by atoms with E-state index in [0.717, 1.165) is 35.4 Å². The molecule has 3 aromatic rings. The van der Waals surface area contributed by atoms with Crippen molar-refractivity contribution in [3.05, 3.63) is 119 Å². The molecule has 0 amide bonds. The van der Waals surface area contributed by atoms with Gasteiger partial charge in [0.15, 0.2) is 0 Å². The van der Waals surface area contributed by atoms with Crippen molar-refractivity contribution in [2.24, 2.45) is 5.84 Å². The van der Waals surface area contributed by atoms with Crippen molar-refractivity contribution in [3.8, 4) is 0 Å². The molecule has 34 heavy (non-hydrogen) atoms. The van der Waals surface area contributed by atoms with Gasteiger partial charge in [-0.1, -0.05) is 80.6 Å². The molecular weight excluding hydrogens is 420 g/mol. The van der Waals surface area contributed by atoms with Crippen molar-refractivity contribution in [2.75, 3.05) is 0 Å². The Labute approximate surface area is 201 Å². The molecule has 0 aromatic heterocycles. The second-order valence-corrected chi connectivity index (χ2v) is 8.65. The normalized spacial score (nSPS) is 19.6.